The molecule has 0 amide bonds. The van der Waals surface area contributed by atoms with E-state index in [-0.39, 0.29) is 17.8 Å². The summed E-state index contributed by atoms with van der Waals surface area (Å²) in [6, 6.07) is 0. The van der Waals surface area contributed by atoms with Crippen molar-refractivity contribution in [1.82, 2.24) is 0 Å². The van der Waals surface area contributed by atoms with Crippen molar-refractivity contribution in [2.45, 2.75) is 51.9 Å². The van der Waals surface area contributed by atoms with Crippen LogP contribution in [-0.4, -0.2) is 40.6 Å². The van der Waals surface area contributed by atoms with Crippen LogP contribution in [0.4, 0.5) is 0 Å². The standard InChI is InChI=1S/C20H24O6/c1-6-11(2)18(22)26-16-10-20(5,24)8-7-14(21)12(3)9-15-17(16)13(4)19(23)25-15/h6-9,15-17,24H,4,10H2,1-3,5H3. The van der Waals surface area contributed by atoms with Crippen LogP contribution >= 0.6 is 0 Å². The SMILES string of the molecule is C=C1C(=O)OC2C=C(C)C(=O)C=CC(C)(O)CC(OC(=O)C(C)=CC)C12. The maximum Gasteiger partial charge on any atom is 0.334 e. The molecule has 2 rings (SSSR count). The number of rotatable bonds is 2. The smallest absolute Gasteiger partial charge is 0.334 e. The molecule has 0 spiro atoms. The second-order valence-corrected chi connectivity index (χ2v) is 6.94. The van der Waals surface area contributed by atoms with E-state index in [0.29, 0.717) is 11.1 Å². The molecule has 1 N–H and O–H groups in total. The van der Waals surface area contributed by atoms with Gasteiger partial charge in [-0.25, -0.2) is 9.59 Å². The van der Waals surface area contributed by atoms with E-state index in [2.05, 4.69) is 6.58 Å². The van der Waals surface area contributed by atoms with Crippen LogP contribution in [0.5, 0.6) is 0 Å². The largest absolute Gasteiger partial charge is 0.458 e. The van der Waals surface area contributed by atoms with Crippen molar-refractivity contribution >= 4 is 17.7 Å². The number of ether oxygens (including phenoxy) is 2. The Morgan fingerprint density at radius 1 is 1.46 bits per heavy atom. The van der Waals surface area contributed by atoms with Crippen LogP contribution in [-0.2, 0) is 23.9 Å². The first-order valence-corrected chi connectivity index (χ1v) is 8.44. The van der Waals surface area contributed by atoms with Crippen molar-refractivity contribution in [3.63, 3.8) is 0 Å². The first kappa shape index (κ1) is 19.8. The van der Waals surface area contributed by atoms with Crippen LogP contribution in [0.25, 0.3) is 0 Å². The number of aliphatic hydroxyl groups is 1. The number of fused-ring (bicyclic) bond motifs is 1. The van der Waals surface area contributed by atoms with E-state index in [1.807, 2.05) is 0 Å². The number of hydrogen-bond acceptors (Lipinski definition) is 6. The number of carbonyl (C=O) groups is 3. The third-order valence-corrected chi connectivity index (χ3v) is 4.69. The summed E-state index contributed by atoms with van der Waals surface area (Å²) in [6.45, 7) is 10.2. The van der Waals surface area contributed by atoms with Gasteiger partial charge in [0.05, 0.1) is 11.5 Å². The Kier molecular flexibility index (Phi) is 5.66. The van der Waals surface area contributed by atoms with Crippen molar-refractivity contribution in [3.8, 4) is 0 Å². The van der Waals surface area contributed by atoms with Crippen LogP contribution in [0.3, 0.4) is 0 Å². The topological polar surface area (TPSA) is 89.9 Å². The van der Waals surface area contributed by atoms with E-state index in [9.17, 15) is 19.5 Å². The first-order valence-electron chi connectivity index (χ1n) is 8.44. The van der Waals surface area contributed by atoms with Gasteiger partial charge in [0.25, 0.3) is 0 Å². The molecule has 6 heteroatoms. The molecule has 0 aromatic carbocycles. The number of esters is 2. The van der Waals surface area contributed by atoms with Crippen LogP contribution in [0.2, 0.25) is 0 Å². The molecule has 1 saturated heterocycles. The molecule has 1 aliphatic heterocycles. The zero-order valence-electron chi connectivity index (χ0n) is 15.4. The predicted octanol–water partition coefficient (Wildman–Crippen LogP) is 2.19. The van der Waals surface area contributed by atoms with E-state index in [1.165, 1.54) is 25.2 Å². The normalized spacial score (nSPS) is 32.7. The molecule has 0 aromatic heterocycles. The van der Waals surface area contributed by atoms with Crippen molar-refractivity contribution in [3.05, 3.63) is 47.6 Å². The Balaban J connectivity index is 2.50. The number of hydrogen-bond donors (Lipinski definition) is 1. The molecule has 0 aromatic rings. The van der Waals surface area contributed by atoms with Crippen molar-refractivity contribution in [2.24, 2.45) is 5.92 Å². The summed E-state index contributed by atoms with van der Waals surface area (Å²) in [5, 5.41) is 10.6. The molecule has 1 heterocycles. The Bertz CT molecular complexity index is 737. The van der Waals surface area contributed by atoms with Gasteiger partial charge in [-0.05, 0) is 51.5 Å². The lowest BCUT2D eigenvalue weighted by atomic mass is 9.82. The summed E-state index contributed by atoms with van der Waals surface area (Å²) < 4.78 is 10.9. The zero-order chi connectivity index (χ0) is 19.6. The van der Waals surface area contributed by atoms with E-state index < -0.39 is 35.7 Å². The minimum absolute atomic E-state index is 0.0107. The second kappa shape index (κ2) is 7.41. The first-order chi connectivity index (χ1) is 12.1. The molecular formula is C20H24O6. The summed E-state index contributed by atoms with van der Waals surface area (Å²) in [5.74, 6) is -2.13. The highest BCUT2D eigenvalue weighted by Crippen LogP contribution is 2.37. The average Bonchev–Trinajstić information content (AvgIpc) is 2.84. The van der Waals surface area contributed by atoms with E-state index in [0.717, 1.165) is 0 Å². The fourth-order valence-corrected chi connectivity index (χ4v) is 2.96. The Hall–Kier alpha value is -2.47. The lowest BCUT2D eigenvalue weighted by Crippen LogP contribution is -2.39. The molecule has 1 fully saturated rings. The molecule has 4 unspecified atom stereocenters. The minimum Gasteiger partial charge on any atom is -0.458 e. The zero-order valence-corrected chi connectivity index (χ0v) is 15.4. The summed E-state index contributed by atoms with van der Waals surface area (Å²) in [5.41, 5.74) is -0.487. The van der Waals surface area contributed by atoms with Crippen molar-refractivity contribution in [2.75, 3.05) is 0 Å². The van der Waals surface area contributed by atoms with Gasteiger partial charge < -0.3 is 14.6 Å². The fourth-order valence-electron chi connectivity index (χ4n) is 2.96. The maximum absolute atomic E-state index is 12.3. The molecule has 26 heavy (non-hydrogen) atoms. The lowest BCUT2D eigenvalue weighted by Gasteiger charge is -2.31. The molecule has 140 valence electrons. The average molecular weight is 360 g/mol. The molecule has 0 bridgehead atoms. The van der Waals surface area contributed by atoms with Gasteiger partial charge in [0, 0.05) is 17.6 Å². The maximum atomic E-state index is 12.3. The summed E-state index contributed by atoms with van der Waals surface area (Å²) in [4.78, 5) is 36.5. The lowest BCUT2D eigenvalue weighted by molar-refractivity contribution is -0.150. The highest BCUT2D eigenvalue weighted by molar-refractivity contribution is 6.03. The Morgan fingerprint density at radius 2 is 2.12 bits per heavy atom. The van der Waals surface area contributed by atoms with Crippen LogP contribution in [0.1, 0.15) is 34.1 Å². The second-order valence-electron chi connectivity index (χ2n) is 6.94. The molecule has 6 nitrogen and oxygen atoms in total. The highest BCUT2D eigenvalue weighted by Gasteiger charge is 2.46. The van der Waals surface area contributed by atoms with Crippen molar-refractivity contribution < 1.29 is 29.0 Å². The molecule has 1 aliphatic carbocycles. The third kappa shape index (κ3) is 4.19. The molecule has 0 radical (unpaired) electrons. The summed E-state index contributed by atoms with van der Waals surface area (Å²) in [6.07, 6.45) is 4.15. The molecule has 2 aliphatic rings. The quantitative estimate of drug-likeness (QED) is 0.600. The van der Waals surface area contributed by atoms with Gasteiger partial charge in [0.2, 0.25) is 0 Å². The van der Waals surface area contributed by atoms with Gasteiger partial charge in [0.15, 0.2) is 5.78 Å². The van der Waals surface area contributed by atoms with E-state index in [4.69, 9.17) is 9.47 Å². The molecule has 0 saturated carbocycles. The predicted molar refractivity (Wildman–Crippen MR) is 95.0 cm³/mol. The van der Waals surface area contributed by atoms with Crippen molar-refractivity contribution in [1.29, 1.82) is 0 Å². The van der Waals surface area contributed by atoms with E-state index in [1.54, 1.807) is 26.8 Å². The summed E-state index contributed by atoms with van der Waals surface area (Å²) in [7, 11) is 0. The van der Waals surface area contributed by atoms with Gasteiger partial charge in [-0.15, -0.1) is 0 Å². The van der Waals surface area contributed by atoms with Gasteiger partial charge >= 0.3 is 11.9 Å². The molecular weight excluding hydrogens is 336 g/mol. The Morgan fingerprint density at radius 3 is 2.73 bits per heavy atom. The molecule has 4 atom stereocenters. The van der Waals surface area contributed by atoms with Crippen LogP contribution in [0, 0.1) is 5.92 Å². The highest BCUT2D eigenvalue weighted by atomic mass is 16.6. The number of carbonyl (C=O) groups excluding carboxylic acids is 3. The van der Waals surface area contributed by atoms with E-state index >= 15 is 0 Å². The minimum atomic E-state index is -1.42. The summed E-state index contributed by atoms with van der Waals surface area (Å²) >= 11 is 0. The number of allylic oxidation sites excluding steroid dienone is 3. The third-order valence-electron chi connectivity index (χ3n) is 4.69. The number of ketones is 1. The van der Waals surface area contributed by atoms with Crippen LogP contribution in [0.15, 0.2) is 47.6 Å². The van der Waals surface area contributed by atoms with Gasteiger partial charge in [-0.1, -0.05) is 12.7 Å². The fraction of sp³-hybridized carbons (Fsp3) is 0.450. The van der Waals surface area contributed by atoms with Gasteiger partial charge in [-0.2, -0.15) is 0 Å². The van der Waals surface area contributed by atoms with Crippen LogP contribution < -0.4 is 0 Å². The van der Waals surface area contributed by atoms with Gasteiger partial charge in [-0.3, -0.25) is 4.79 Å². The monoisotopic (exact) mass is 360 g/mol. The van der Waals surface area contributed by atoms with Gasteiger partial charge in [0.1, 0.15) is 12.2 Å². The Labute approximate surface area is 152 Å².